The van der Waals surface area contributed by atoms with Crippen molar-refractivity contribution < 1.29 is 29.0 Å². The molecule has 11 nitrogen and oxygen atoms in total. The SMILES string of the molecule is Cl.N#Cc1ccc(NCCNCC(=O)N2C[C@@H](F)C[C@H]2C#N)nc1.O=C(O)/C=C\C(=O)O. The van der Waals surface area contributed by atoms with Crippen LogP contribution in [0.25, 0.3) is 0 Å². The van der Waals surface area contributed by atoms with E-state index < -0.39 is 24.2 Å². The molecule has 0 unspecified atom stereocenters. The van der Waals surface area contributed by atoms with Gasteiger partial charge < -0.3 is 25.7 Å². The summed E-state index contributed by atoms with van der Waals surface area (Å²) in [6.07, 6.45) is 1.56. The number of carboxylic acid groups (broad SMARTS) is 2. The van der Waals surface area contributed by atoms with Crippen LogP contribution in [0, 0.1) is 22.7 Å². The molecule has 0 radical (unpaired) electrons. The van der Waals surface area contributed by atoms with Crippen LogP contribution < -0.4 is 10.6 Å². The number of carbonyl (C=O) groups is 3. The first kappa shape index (κ1) is 28.3. The molecule has 1 aliphatic heterocycles. The van der Waals surface area contributed by atoms with Gasteiger partial charge in [0.25, 0.3) is 0 Å². The Kier molecular flexibility index (Phi) is 13.4. The number of halogens is 2. The standard InChI is InChI=1S/C15H17FN6O.C4H4O4.ClH/c16-12-5-13(7-18)22(10-12)15(23)9-19-3-4-20-14-2-1-11(6-17)8-21-14;5-3(6)1-2-4(7)8;/h1-2,8,12-13,19H,3-5,9-10H2,(H,20,21);1-2H,(H,5,6)(H,7,8);1H/b;2-1-;/t12-,13-;;/m0../s1. The minimum atomic E-state index is -1.26. The molecule has 2 rings (SSSR count). The van der Waals surface area contributed by atoms with Gasteiger partial charge in [-0.15, -0.1) is 12.4 Å². The number of likely N-dealkylation sites (tertiary alicyclic amines) is 1. The van der Waals surface area contributed by atoms with Crippen LogP contribution in [0.5, 0.6) is 0 Å². The number of hydrogen-bond acceptors (Lipinski definition) is 8. The number of alkyl halides is 1. The Morgan fingerprint density at radius 3 is 2.38 bits per heavy atom. The number of rotatable bonds is 8. The second-order valence-corrected chi connectivity index (χ2v) is 6.18. The molecule has 0 aromatic carbocycles. The molecule has 0 saturated carbocycles. The van der Waals surface area contributed by atoms with E-state index in [1.54, 1.807) is 12.1 Å². The average molecular weight is 469 g/mol. The van der Waals surface area contributed by atoms with Crippen molar-refractivity contribution in [2.45, 2.75) is 18.6 Å². The Bertz CT molecular complexity index is 868. The van der Waals surface area contributed by atoms with Crippen molar-refractivity contribution >= 4 is 36.1 Å². The fourth-order valence-corrected chi connectivity index (χ4v) is 2.47. The number of carbonyl (C=O) groups excluding carboxylic acids is 1. The van der Waals surface area contributed by atoms with Crippen LogP contribution in [-0.4, -0.2) is 76.3 Å². The Morgan fingerprint density at radius 2 is 1.88 bits per heavy atom. The highest BCUT2D eigenvalue weighted by Crippen LogP contribution is 2.19. The second-order valence-electron chi connectivity index (χ2n) is 6.18. The average Bonchev–Trinajstić information content (AvgIpc) is 3.13. The molecule has 2 heterocycles. The highest BCUT2D eigenvalue weighted by Gasteiger charge is 2.34. The summed E-state index contributed by atoms with van der Waals surface area (Å²) in [7, 11) is 0. The third kappa shape index (κ3) is 10.9. The van der Waals surface area contributed by atoms with Gasteiger partial charge in [0.2, 0.25) is 5.91 Å². The van der Waals surface area contributed by atoms with Gasteiger partial charge in [0, 0.05) is 37.9 Å². The quantitative estimate of drug-likeness (QED) is 0.311. The van der Waals surface area contributed by atoms with E-state index in [4.69, 9.17) is 20.7 Å². The molecule has 0 aliphatic carbocycles. The minimum Gasteiger partial charge on any atom is -0.478 e. The normalized spacial score (nSPS) is 16.7. The van der Waals surface area contributed by atoms with Crippen LogP contribution in [0.3, 0.4) is 0 Å². The van der Waals surface area contributed by atoms with Crippen molar-refractivity contribution in [2.75, 3.05) is 31.5 Å². The molecule has 1 fully saturated rings. The number of aliphatic carboxylic acids is 2. The highest BCUT2D eigenvalue weighted by molar-refractivity contribution is 5.89. The van der Waals surface area contributed by atoms with E-state index in [-0.39, 0.29) is 37.8 Å². The molecule has 2 atom stereocenters. The largest absolute Gasteiger partial charge is 0.478 e. The number of nitriles is 2. The predicted octanol–water partition coefficient (Wildman–Crippen LogP) is 0.551. The van der Waals surface area contributed by atoms with E-state index in [0.717, 1.165) is 0 Å². The van der Waals surface area contributed by atoms with Gasteiger partial charge >= 0.3 is 11.9 Å². The Morgan fingerprint density at radius 1 is 1.22 bits per heavy atom. The summed E-state index contributed by atoms with van der Waals surface area (Å²) >= 11 is 0. The number of amides is 1. The summed E-state index contributed by atoms with van der Waals surface area (Å²) in [4.78, 5) is 36.4. The zero-order chi connectivity index (χ0) is 23.2. The van der Waals surface area contributed by atoms with E-state index in [0.29, 0.717) is 36.6 Å². The third-order valence-corrected chi connectivity index (χ3v) is 3.86. The molecule has 172 valence electrons. The number of anilines is 1. The maximum absolute atomic E-state index is 13.3. The maximum Gasteiger partial charge on any atom is 0.328 e. The molecule has 4 N–H and O–H groups in total. The lowest BCUT2D eigenvalue weighted by molar-refractivity contribution is -0.134. The Hall–Kier alpha value is -3.74. The lowest BCUT2D eigenvalue weighted by Crippen LogP contribution is -2.41. The van der Waals surface area contributed by atoms with Crippen molar-refractivity contribution in [3.63, 3.8) is 0 Å². The topological polar surface area (TPSA) is 179 Å². The summed E-state index contributed by atoms with van der Waals surface area (Å²) in [5.41, 5.74) is 0.489. The highest BCUT2D eigenvalue weighted by atomic mass is 35.5. The molecule has 1 aliphatic rings. The van der Waals surface area contributed by atoms with Crippen LogP contribution >= 0.6 is 12.4 Å². The van der Waals surface area contributed by atoms with Crippen molar-refractivity contribution in [3.8, 4) is 12.1 Å². The van der Waals surface area contributed by atoms with E-state index >= 15 is 0 Å². The van der Waals surface area contributed by atoms with E-state index in [1.807, 2.05) is 12.1 Å². The van der Waals surface area contributed by atoms with E-state index in [9.17, 15) is 18.8 Å². The van der Waals surface area contributed by atoms with Crippen LogP contribution in [0.15, 0.2) is 30.5 Å². The van der Waals surface area contributed by atoms with Gasteiger partial charge in [0.1, 0.15) is 24.1 Å². The molecular formula is C19H22ClFN6O5. The summed E-state index contributed by atoms with van der Waals surface area (Å²) in [6.45, 7) is 1.11. The smallest absolute Gasteiger partial charge is 0.328 e. The number of nitrogens with zero attached hydrogens (tertiary/aromatic N) is 4. The zero-order valence-corrected chi connectivity index (χ0v) is 17.6. The van der Waals surface area contributed by atoms with Crippen LogP contribution in [-0.2, 0) is 14.4 Å². The molecule has 13 heteroatoms. The Labute approximate surface area is 189 Å². The lowest BCUT2D eigenvalue weighted by atomic mass is 10.2. The summed E-state index contributed by atoms with van der Waals surface area (Å²) in [5.74, 6) is -2.14. The molecule has 1 aromatic rings. The summed E-state index contributed by atoms with van der Waals surface area (Å²) in [6, 6.07) is 6.63. The van der Waals surface area contributed by atoms with Crippen molar-refractivity contribution in [2.24, 2.45) is 0 Å². The lowest BCUT2D eigenvalue weighted by Gasteiger charge is -2.19. The molecule has 1 aromatic heterocycles. The molecule has 1 amide bonds. The van der Waals surface area contributed by atoms with Gasteiger partial charge in [-0.1, -0.05) is 0 Å². The van der Waals surface area contributed by atoms with Crippen molar-refractivity contribution in [3.05, 3.63) is 36.0 Å². The van der Waals surface area contributed by atoms with Gasteiger partial charge in [-0.25, -0.2) is 19.0 Å². The second kappa shape index (κ2) is 15.1. The summed E-state index contributed by atoms with van der Waals surface area (Å²) < 4.78 is 13.3. The first-order chi connectivity index (χ1) is 14.8. The van der Waals surface area contributed by atoms with Gasteiger partial charge in [-0.3, -0.25) is 4.79 Å². The monoisotopic (exact) mass is 468 g/mol. The number of carboxylic acids is 2. The third-order valence-electron chi connectivity index (χ3n) is 3.86. The van der Waals surface area contributed by atoms with Crippen molar-refractivity contribution in [1.82, 2.24) is 15.2 Å². The number of hydrogen-bond donors (Lipinski definition) is 4. The first-order valence-corrected chi connectivity index (χ1v) is 9.04. The molecular weight excluding hydrogens is 447 g/mol. The van der Waals surface area contributed by atoms with Gasteiger partial charge in [-0.05, 0) is 12.1 Å². The van der Waals surface area contributed by atoms with Crippen molar-refractivity contribution in [1.29, 1.82) is 10.5 Å². The van der Waals surface area contributed by atoms with Gasteiger partial charge in [0.15, 0.2) is 0 Å². The van der Waals surface area contributed by atoms with E-state index in [1.165, 1.54) is 11.1 Å². The number of nitrogens with one attached hydrogen (secondary N) is 2. The molecule has 0 spiro atoms. The first-order valence-electron chi connectivity index (χ1n) is 9.04. The number of aromatic nitrogens is 1. The summed E-state index contributed by atoms with van der Waals surface area (Å²) in [5, 5.41) is 39.2. The van der Waals surface area contributed by atoms with Crippen LogP contribution in [0.4, 0.5) is 10.2 Å². The van der Waals surface area contributed by atoms with Gasteiger partial charge in [-0.2, -0.15) is 10.5 Å². The molecule has 0 bridgehead atoms. The fraction of sp³-hybridized carbons (Fsp3) is 0.368. The zero-order valence-electron chi connectivity index (χ0n) is 16.8. The molecule has 1 saturated heterocycles. The van der Waals surface area contributed by atoms with Crippen LogP contribution in [0.1, 0.15) is 12.0 Å². The predicted molar refractivity (Wildman–Crippen MR) is 113 cm³/mol. The minimum absolute atomic E-state index is 0. The molecule has 32 heavy (non-hydrogen) atoms. The maximum atomic E-state index is 13.3. The van der Waals surface area contributed by atoms with Gasteiger partial charge in [0.05, 0.1) is 24.7 Å². The van der Waals surface area contributed by atoms with E-state index in [2.05, 4.69) is 15.6 Å². The Balaban J connectivity index is 0.000000917. The number of pyridine rings is 1. The fourth-order valence-electron chi connectivity index (χ4n) is 2.47. The van der Waals surface area contributed by atoms with Crippen LogP contribution in [0.2, 0.25) is 0 Å².